The van der Waals surface area contributed by atoms with Gasteiger partial charge in [-0.05, 0) is 47.9 Å². The number of aromatic nitrogens is 2. The van der Waals surface area contributed by atoms with E-state index in [2.05, 4.69) is 28.5 Å². The summed E-state index contributed by atoms with van der Waals surface area (Å²) in [6, 6.07) is 8.09. The number of hydrogen-bond donors (Lipinski definition) is 2. The monoisotopic (exact) mass is 346 g/mol. The van der Waals surface area contributed by atoms with E-state index in [0.29, 0.717) is 6.54 Å². The van der Waals surface area contributed by atoms with Gasteiger partial charge >= 0.3 is 6.03 Å². The minimum atomic E-state index is 0.0200. The zero-order chi connectivity index (χ0) is 17.0. The molecule has 24 heavy (non-hydrogen) atoms. The van der Waals surface area contributed by atoms with Crippen molar-refractivity contribution >= 4 is 17.6 Å². The van der Waals surface area contributed by atoms with Gasteiger partial charge in [0.15, 0.2) is 0 Å². The molecule has 0 radical (unpaired) electrons. The highest BCUT2D eigenvalue weighted by Gasteiger charge is 2.33. The Bertz CT molecular complexity index is 678. The summed E-state index contributed by atoms with van der Waals surface area (Å²) in [5.41, 5.74) is 2.44. The van der Waals surface area contributed by atoms with Crippen LogP contribution in [-0.4, -0.2) is 40.8 Å². The number of urea groups is 1. The maximum atomic E-state index is 12.3. The molecule has 0 bridgehead atoms. The lowest BCUT2D eigenvalue weighted by Gasteiger charge is -2.39. The summed E-state index contributed by atoms with van der Waals surface area (Å²) in [5, 5.41) is 10.4. The van der Waals surface area contributed by atoms with Crippen molar-refractivity contribution in [2.45, 2.75) is 31.6 Å². The summed E-state index contributed by atoms with van der Waals surface area (Å²) in [6.07, 6.45) is 6.31. The third kappa shape index (κ3) is 3.90. The number of hydrogen-bond acceptors (Lipinski definition) is 2. The van der Waals surface area contributed by atoms with Crippen molar-refractivity contribution in [3.05, 3.63) is 52.8 Å². The van der Waals surface area contributed by atoms with Crippen molar-refractivity contribution in [1.82, 2.24) is 20.4 Å². The van der Waals surface area contributed by atoms with Crippen LogP contribution in [0, 0.1) is 0 Å². The molecule has 0 aliphatic carbocycles. The minimum Gasteiger partial charge on any atom is -0.338 e. The van der Waals surface area contributed by atoms with Gasteiger partial charge in [0.2, 0.25) is 0 Å². The molecule has 6 heteroatoms. The van der Waals surface area contributed by atoms with E-state index in [0.717, 1.165) is 42.9 Å². The van der Waals surface area contributed by atoms with Gasteiger partial charge in [0, 0.05) is 30.9 Å². The second-order valence-electron chi connectivity index (χ2n) is 6.65. The normalized spacial score (nSPS) is 16.8. The molecule has 1 aromatic carbocycles. The molecule has 2 N–H and O–H groups in total. The summed E-state index contributed by atoms with van der Waals surface area (Å²) in [4.78, 5) is 14.2. The van der Waals surface area contributed by atoms with Crippen molar-refractivity contribution < 1.29 is 4.79 Å². The standard InChI is InChI=1S/C18H23ClN4O/c1-18(15-3-2-4-16(19)11-15)6-9-23(10-7-18)17(24)20-8-5-14-12-21-22-13-14/h2-4,11-13H,5-10H2,1H3,(H,20,24)(H,21,22). The van der Waals surface area contributed by atoms with E-state index in [9.17, 15) is 4.79 Å². The van der Waals surface area contributed by atoms with Crippen LogP contribution in [0.15, 0.2) is 36.7 Å². The van der Waals surface area contributed by atoms with Gasteiger partial charge in [0.05, 0.1) is 6.20 Å². The topological polar surface area (TPSA) is 61.0 Å². The number of nitrogens with zero attached hydrogens (tertiary/aromatic N) is 2. The molecule has 1 aliphatic heterocycles. The van der Waals surface area contributed by atoms with Crippen molar-refractivity contribution in [2.24, 2.45) is 0 Å². The van der Waals surface area contributed by atoms with E-state index in [4.69, 9.17) is 11.6 Å². The first-order chi connectivity index (χ1) is 11.6. The number of carbonyl (C=O) groups is 1. The van der Waals surface area contributed by atoms with Gasteiger partial charge in [-0.3, -0.25) is 5.10 Å². The van der Waals surface area contributed by atoms with Crippen molar-refractivity contribution in [2.75, 3.05) is 19.6 Å². The van der Waals surface area contributed by atoms with Crippen LogP contribution in [0.3, 0.4) is 0 Å². The summed E-state index contributed by atoms with van der Waals surface area (Å²) < 4.78 is 0. The zero-order valence-corrected chi connectivity index (χ0v) is 14.6. The van der Waals surface area contributed by atoms with E-state index in [1.54, 1.807) is 6.20 Å². The molecule has 128 valence electrons. The Kier molecular flexibility index (Phi) is 5.09. The highest BCUT2D eigenvalue weighted by molar-refractivity contribution is 6.30. The van der Waals surface area contributed by atoms with Crippen molar-refractivity contribution in [3.8, 4) is 0 Å². The van der Waals surface area contributed by atoms with Gasteiger partial charge in [0.1, 0.15) is 0 Å². The molecule has 5 nitrogen and oxygen atoms in total. The molecular formula is C18H23ClN4O. The second kappa shape index (κ2) is 7.26. The van der Waals surface area contributed by atoms with E-state index in [1.165, 1.54) is 5.56 Å². The fourth-order valence-electron chi connectivity index (χ4n) is 3.20. The molecule has 2 heterocycles. The number of nitrogens with one attached hydrogen (secondary N) is 2. The summed E-state index contributed by atoms with van der Waals surface area (Å²) in [6.45, 7) is 4.41. The molecule has 2 amide bonds. The third-order valence-electron chi connectivity index (χ3n) is 4.92. The fraction of sp³-hybridized carbons (Fsp3) is 0.444. The van der Waals surface area contributed by atoms with Crippen LogP contribution in [0.4, 0.5) is 4.79 Å². The Morgan fingerprint density at radius 1 is 1.42 bits per heavy atom. The lowest BCUT2D eigenvalue weighted by atomic mass is 9.74. The number of amides is 2. The van der Waals surface area contributed by atoms with Crippen molar-refractivity contribution in [1.29, 1.82) is 0 Å². The third-order valence-corrected chi connectivity index (χ3v) is 5.16. The quantitative estimate of drug-likeness (QED) is 0.891. The Hall–Kier alpha value is -2.01. The Labute approximate surface area is 147 Å². The number of benzene rings is 1. The molecule has 2 aromatic rings. The van der Waals surface area contributed by atoms with Gasteiger partial charge in [0.25, 0.3) is 0 Å². The number of piperidine rings is 1. The lowest BCUT2D eigenvalue weighted by molar-refractivity contribution is 0.163. The Morgan fingerprint density at radius 3 is 2.88 bits per heavy atom. The maximum Gasteiger partial charge on any atom is 0.317 e. The summed E-state index contributed by atoms with van der Waals surface area (Å²) >= 11 is 6.12. The summed E-state index contributed by atoms with van der Waals surface area (Å²) in [5.74, 6) is 0. The van der Waals surface area contributed by atoms with E-state index < -0.39 is 0 Å². The number of aromatic amines is 1. The van der Waals surface area contributed by atoms with Gasteiger partial charge < -0.3 is 10.2 Å². The van der Waals surface area contributed by atoms with Crippen LogP contribution in [0.5, 0.6) is 0 Å². The number of rotatable bonds is 4. The molecule has 1 saturated heterocycles. The number of likely N-dealkylation sites (tertiary alicyclic amines) is 1. The average Bonchev–Trinajstić information content (AvgIpc) is 3.09. The van der Waals surface area contributed by atoms with E-state index in [-0.39, 0.29) is 11.4 Å². The first kappa shape index (κ1) is 16.8. The SMILES string of the molecule is CC1(c2cccc(Cl)c2)CCN(C(=O)NCCc2cn[nH]c2)CC1. The molecule has 1 aliphatic rings. The molecule has 0 saturated carbocycles. The molecule has 0 unspecified atom stereocenters. The maximum absolute atomic E-state index is 12.3. The van der Waals surface area contributed by atoms with Gasteiger partial charge in [-0.2, -0.15) is 5.10 Å². The predicted molar refractivity (Wildman–Crippen MR) is 95.3 cm³/mol. The molecule has 1 aromatic heterocycles. The van der Waals surface area contributed by atoms with Crippen LogP contribution < -0.4 is 5.32 Å². The molecule has 0 spiro atoms. The smallest absolute Gasteiger partial charge is 0.317 e. The molecule has 1 fully saturated rings. The predicted octanol–water partition coefficient (Wildman–Crippen LogP) is 3.37. The largest absolute Gasteiger partial charge is 0.338 e. The first-order valence-corrected chi connectivity index (χ1v) is 8.71. The highest BCUT2D eigenvalue weighted by Crippen LogP contribution is 2.35. The zero-order valence-electron chi connectivity index (χ0n) is 13.9. The lowest BCUT2D eigenvalue weighted by Crippen LogP contribution is -2.48. The molecule has 3 rings (SSSR count). The Morgan fingerprint density at radius 2 is 2.21 bits per heavy atom. The number of halogens is 1. The van der Waals surface area contributed by atoms with E-state index >= 15 is 0 Å². The minimum absolute atomic E-state index is 0.0200. The first-order valence-electron chi connectivity index (χ1n) is 8.33. The van der Waals surface area contributed by atoms with Gasteiger partial charge in [-0.25, -0.2) is 4.79 Å². The van der Waals surface area contributed by atoms with Crippen LogP contribution in [0.1, 0.15) is 30.9 Å². The van der Waals surface area contributed by atoms with Crippen molar-refractivity contribution in [3.63, 3.8) is 0 Å². The fourth-order valence-corrected chi connectivity index (χ4v) is 3.39. The van der Waals surface area contributed by atoms with Crippen LogP contribution in [-0.2, 0) is 11.8 Å². The summed E-state index contributed by atoms with van der Waals surface area (Å²) in [7, 11) is 0. The molecular weight excluding hydrogens is 324 g/mol. The number of H-pyrrole nitrogens is 1. The number of carbonyl (C=O) groups excluding carboxylic acids is 1. The molecule has 0 atom stereocenters. The van der Waals surface area contributed by atoms with Gasteiger partial charge in [-0.15, -0.1) is 0 Å². The van der Waals surface area contributed by atoms with Crippen LogP contribution in [0.25, 0.3) is 0 Å². The average molecular weight is 347 g/mol. The van der Waals surface area contributed by atoms with E-state index in [1.807, 2.05) is 29.3 Å². The highest BCUT2D eigenvalue weighted by atomic mass is 35.5. The van der Waals surface area contributed by atoms with Crippen LogP contribution >= 0.6 is 11.6 Å². The van der Waals surface area contributed by atoms with Gasteiger partial charge in [-0.1, -0.05) is 30.7 Å². The van der Waals surface area contributed by atoms with Crippen LogP contribution in [0.2, 0.25) is 5.02 Å². The Balaban J connectivity index is 1.50. The second-order valence-corrected chi connectivity index (χ2v) is 7.08.